The number of anilines is 1. The molecule has 3 fully saturated rings. The van der Waals surface area contributed by atoms with Gasteiger partial charge in [-0.25, -0.2) is 9.59 Å². The van der Waals surface area contributed by atoms with Crippen molar-refractivity contribution in [3.63, 3.8) is 0 Å². The second-order valence-electron chi connectivity index (χ2n) is 9.39. The summed E-state index contributed by atoms with van der Waals surface area (Å²) >= 11 is 6.16. The molecule has 1 aromatic heterocycles. The van der Waals surface area contributed by atoms with Gasteiger partial charge in [-0.15, -0.1) is 5.10 Å². The van der Waals surface area contributed by atoms with Crippen LogP contribution in [0.1, 0.15) is 59.5 Å². The van der Waals surface area contributed by atoms with Crippen LogP contribution < -0.4 is 10.2 Å². The molecule has 0 radical (unpaired) electrons. The van der Waals surface area contributed by atoms with Gasteiger partial charge in [0.25, 0.3) is 0 Å². The standard InChI is InChI=1S/C24H28ClN5O3/c1-14-9-15(4-7-20(14)25)19-11-21(19)27-24(33)30(17-5-6-17)18-3-2-8-29(13-18)22-10-16(23(31)32)12-26-28-22/h4,7,9-10,12,17-19,21H,2-3,5-6,8,11,13H2,1H3,(H,27,33)(H,31,32). The fraction of sp³-hybridized carbons (Fsp3) is 0.500. The van der Waals surface area contributed by atoms with Gasteiger partial charge in [0.15, 0.2) is 5.82 Å². The maximum absolute atomic E-state index is 13.3. The van der Waals surface area contributed by atoms with Gasteiger partial charge in [-0.05, 0) is 62.3 Å². The fourth-order valence-electron chi connectivity index (χ4n) is 4.85. The van der Waals surface area contributed by atoms with Crippen molar-refractivity contribution in [1.82, 2.24) is 20.4 Å². The lowest BCUT2D eigenvalue weighted by atomic mass is 10.0. The van der Waals surface area contributed by atoms with Gasteiger partial charge in [0, 0.05) is 36.1 Å². The van der Waals surface area contributed by atoms with Crippen molar-refractivity contribution >= 4 is 29.4 Å². The normalized spacial score (nSPS) is 24.3. The van der Waals surface area contributed by atoms with Gasteiger partial charge in [-0.3, -0.25) is 0 Å². The Hall–Kier alpha value is -2.87. The third kappa shape index (κ3) is 4.76. The molecule has 33 heavy (non-hydrogen) atoms. The van der Waals surface area contributed by atoms with Crippen molar-refractivity contribution in [2.45, 2.75) is 63.1 Å². The number of carboxylic acid groups (broad SMARTS) is 1. The van der Waals surface area contributed by atoms with Gasteiger partial charge in [0.05, 0.1) is 17.8 Å². The molecule has 1 aromatic carbocycles. The number of aryl methyl sites for hydroxylation is 1. The SMILES string of the molecule is Cc1cc(C2CC2NC(=O)N(C2CC2)C2CCCN(c3cc(C(=O)O)cnn3)C2)ccc1Cl. The minimum absolute atomic E-state index is 0.00732. The highest BCUT2D eigenvalue weighted by Gasteiger charge is 2.44. The zero-order valence-electron chi connectivity index (χ0n) is 18.6. The molecule has 1 aliphatic heterocycles. The molecule has 0 bridgehead atoms. The molecule has 9 heteroatoms. The number of carbonyl (C=O) groups is 2. The van der Waals surface area contributed by atoms with Crippen LogP contribution in [0.25, 0.3) is 0 Å². The average molecular weight is 470 g/mol. The molecule has 0 spiro atoms. The Morgan fingerprint density at radius 3 is 2.76 bits per heavy atom. The number of carboxylic acids is 1. The van der Waals surface area contributed by atoms with Gasteiger partial charge in [0.1, 0.15) is 0 Å². The minimum atomic E-state index is -1.02. The maximum Gasteiger partial charge on any atom is 0.337 e. The number of hydrogen-bond acceptors (Lipinski definition) is 5. The first-order chi connectivity index (χ1) is 15.9. The Labute approximate surface area is 197 Å². The zero-order valence-corrected chi connectivity index (χ0v) is 19.3. The number of aromatic carboxylic acids is 1. The first-order valence-corrected chi connectivity index (χ1v) is 11.9. The van der Waals surface area contributed by atoms with Crippen LogP contribution in [-0.4, -0.2) is 63.4 Å². The molecule has 174 valence electrons. The van der Waals surface area contributed by atoms with Crippen molar-refractivity contribution in [2.75, 3.05) is 18.0 Å². The molecule has 2 heterocycles. The second kappa shape index (κ2) is 8.82. The summed E-state index contributed by atoms with van der Waals surface area (Å²) in [7, 11) is 0. The van der Waals surface area contributed by atoms with E-state index >= 15 is 0 Å². The molecule has 2 saturated carbocycles. The number of piperidine rings is 1. The highest BCUT2D eigenvalue weighted by molar-refractivity contribution is 6.31. The molecule has 3 aliphatic rings. The Balaban J connectivity index is 1.25. The molecule has 5 rings (SSSR count). The quantitative estimate of drug-likeness (QED) is 0.667. The van der Waals surface area contributed by atoms with Crippen LogP contribution in [0.3, 0.4) is 0 Å². The van der Waals surface area contributed by atoms with Gasteiger partial charge >= 0.3 is 12.0 Å². The highest BCUT2D eigenvalue weighted by Crippen LogP contribution is 2.42. The van der Waals surface area contributed by atoms with E-state index in [1.807, 2.05) is 22.8 Å². The molecule has 2 amide bonds. The summed E-state index contributed by atoms with van der Waals surface area (Å²) in [6, 6.07) is 8.16. The number of aromatic nitrogens is 2. The van der Waals surface area contributed by atoms with Crippen LogP contribution in [0, 0.1) is 6.92 Å². The Morgan fingerprint density at radius 1 is 1.21 bits per heavy atom. The van der Waals surface area contributed by atoms with Gasteiger partial charge in [-0.1, -0.05) is 23.7 Å². The van der Waals surface area contributed by atoms with Crippen molar-refractivity contribution in [1.29, 1.82) is 0 Å². The minimum Gasteiger partial charge on any atom is -0.478 e. The summed E-state index contributed by atoms with van der Waals surface area (Å²) in [6.45, 7) is 3.41. The van der Waals surface area contributed by atoms with Crippen LogP contribution in [0.5, 0.6) is 0 Å². The predicted octanol–water partition coefficient (Wildman–Crippen LogP) is 3.84. The van der Waals surface area contributed by atoms with Crippen molar-refractivity contribution in [3.8, 4) is 0 Å². The van der Waals surface area contributed by atoms with E-state index in [-0.39, 0.29) is 29.7 Å². The lowest BCUT2D eigenvalue weighted by molar-refractivity contribution is 0.0696. The van der Waals surface area contributed by atoms with Crippen molar-refractivity contribution in [2.24, 2.45) is 0 Å². The smallest absolute Gasteiger partial charge is 0.337 e. The van der Waals surface area contributed by atoms with E-state index in [1.165, 1.54) is 11.8 Å². The molecule has 1 saturated heterocycles. The van der Waals surface area contributed by atoms with Crippen LogP contribution in [-0.2, 0) is 0 Å². The summed E-state index contributed by atoms with van der Waals surface area (Å²) in [5, 5.41) is 21.3. The van der Waals surface area contributed by atoms with Gasteiger partial charge < -0.3 is 20.2 Å². The first-order valence-electron chi connectivity index (χ1n) is 11.6. The number of urea groups is 1. The number of benzene rings is 1. The van der Waals surface area contributed by atoms with E-state index in [9.17, 15) is 14.7 Å². The van der Waals surface area contributed by atoms with Crippen LogP contribution in [0.4, 0.5) is 10.6 Å². The Kier molecular flexibility index (Phi) is 5.86. The maximum atomic E-state index is 13.3. The summed E-state index contributed by atoms with van der Waals surface area (Å²) in [4.78, 5) is 28.7. The highest BCUT2D eigenvalue weighted by atomic mass is 35.5. The topological polar surface area (TPSA) is 98.7 Å². The molecular formula is C24H28ClN5O3. The molecular weight excluding hydrogens is 442 g/mol. The molecule has 2 N–H and O–H groups in total. The van der Waals surface area contributed by atoms with Crippen LogP contribution >= 0.6 is 11.6 Å². The molecule has 8 nitrogen and oxygen atoms in total. The zero-order chi connectivity index (χ0) is 23.1. The average Bonchev–Trinajstić information content (AvgIpc) is 3.73. The summed E-state index contributed by atoms with van der Waals surface area (Å²) in [5.74, 6) is -0.132. The first kappa shape index (κ1) is 21.9. The van der Waals surface area contributed by atoms with Crippen molar-refractivity contribution in [3.05, 3.63) is 52.2 Å². The van der Waals surface area contributed by atoms with E-state index in [1.54, 1.807) is 6.07 Å². The number of amides is 2. The lowest BCUT2D eigenvalue weighted by Gasteiger charge is -2.40. The number of hydrogen-bond donors (Lipinski definition) is 2. The Morgan fingerprint density at radius 2 is 2.03 bits per heavy atom. The third-order valence-electron chi connectivity index (χ3n) is 6.89. The van der Waals surface area contributed by atoms with Crippen molar-refractivity contribution < 1.29 is 14.7 Å². The van der Waals surface area contributed by atoms with E-state index in [2.05, 4.69) is 27.6 Å². The number of rotatable bonds is 6. The number of carbonyl (C=O) groups excluding carboxylic acids is 1. The predicted molar refractivity (Wildman–Crippen MR) is 125 cm³/mol. The molecule has 2 aromatic rings. The number of nitrogens with zero attached hydrogens (tertiary/aromatic N) is 4. The number of halogens is 1. The van der Waals surface area contributed by atoms with Gasteiger partial charge in [0.2, 0.25) is 0 Å². The van der Waals surface area contributed by atoms with E-state index in [0.29, 0.717) is 18.3 Å². The lowest BCUT2D eigenvalue weighted by Crippen LogP contribution is -2.54. The van der Waals surface area contributed by atoms with Crippen LogP contribution in [0.15, 0.2) is 30.5 Å². The molecule has 3 unspecified atom stereocenters. The molecule has 2 aliphatic carbocycles. The largest absolute Gasteiger partial charge is 0.478 e. The number of nitrogens with one attached hydrogen (secondary N) is 1. The van der Waals surface area contributed by atoms with E-state index in [0.717, 1.165) is 49.2 Å². The Bertz CT molecular complexity index is 1080. The second-order valence-corrected chi connectivity index (χ2v) is 9.80. The summed E-state index contributed by atoms with van der Waals surface area (Å²) in [6.07, 6.45) is 6.10. The van der Waals surface area contributed by atoms with Gasteiger partial charge in [-0.2, -0.15) is 5.10 Å². The summed E-state index contributed by atoms with van der Waals surface area (Å²) in [5.41, 5.74) is 2.40. The monoisotopic (exact) mass is 469 g/mol. The third-order valence-corrected chi connectivity index (χ3v) is 7.31. The van der Waals surface area contributed by atoms with Crippen LogP contribution in [0.2, 0.25) is 5.02 Å². The molecule has 3 atom stereocenters. The van der Waals surface area contributed by atoms with E-state index in [4.69, 9.17) is 11.6 Å². The fourth-order valence-corrected chi connectivity index (χ4v) is 4.97. The van der Waals surface area contributed by atoms with E-state index < -0.39 is 5.97 Å². The summed E-state index contributed by atoms with van der Waals surface area (Å²) < 4.78 is 0.